The molecule has 0 aliphatic rings. The van der Waals surface area contributed by atoms with Crippen molar-refractivity contribution in [3.63, 3.8) is 0 Å². The lowest BCUT2D eigenvalue weighted by molar-refractivity contribution is 1.22. The van der Waals surface area contributed by atoms with Gasteiger partial charge < -0.3 is 5.32 Å². The Morgan fingerprint density at radius 2 is 2.42 bits per heavy atom. The SMILES string of the molecule is CCSCc1cccnc1NC. The fraction of sp³-hybridized carbons (Fsp3) is 0.444. The van der Waals surface area contributed by atoms with Crippen molar-refractivity contribution in [3.05, 3.63) is 23.9 Å². The number of nitrogens with zero attached hydrogens (tertiary/aromatic N) is 1. The molecule has 1 aromatic heterocycles. The van der Waals surface area contributed by atoms with E-state index in [4.69, 9.17) is 0 Å². The van der Waals surface area contributed by atoms with E-state index >= 15 is 0 Å². The average molecular weight is 182 g/mol. The van der Waals surface area contributed by atoms with Gasteiger partial charge in [-0.05, 0) is 11.8 Å². The zero-order valence-corrected chi connectivity index (χ0v) is 8.32. The van der Waals surface area contributed by atoms with Crippen LogP contribution in [0.3, 0.4) is 0 Å². The zero-order valence-electron chi connectivity index (χ0n) is 7.50. The number of nitrogens with one attached hydrogen (secondary N) is 1. The summed E-state index contributed by atoms with van der Waals surface area (Å²) in [5.74, 6) is 3.19. The van der Waals surface area contributed by atoms with Crippen molar-refractivity contribution in [2.45, 2.75) is 12.7 Å². The van der Waals surface area contributed by atoms with Crippen LogP contribution in [-0.4, -0.2) is 17.8 Å². The largest absolute Gasteiger partial charge is 0.373 e. The van der Waals surface area contributed by atoms with Crippen LogP contribution in [0.2, 0.25) is 0 Å². The number of rotatable bonds is 4. The van der Waals surface area contributed by atoms with E-state index in [-0.39, 0.29) is 0 Å². The van der Waals surface area contributed by atoms with Crippen molar-refractivity contribution in [2.24, 2.45) is 0 Å². The first-order chi connectivity index (χ1) is 5.88. The topological polar surface area (TPSA) is 24.9 Å². The normalized spacial score (nSPS) is 9.83. The first-order valence-electron chi connectivity index (χ1n) is 4.08. The Morgan fingerprint density at radius 1 is 1.58 bits per heavy atom. The summed E-state index contributed by atoms with van der Waals surface area (Å²) in [6.45, 7) is 2.17. The fourth-order valence-corrected chi connectivity index (χ4v) is 1.65. The van der Waals surface area contributed by atoms with Gasteiger partial charge in [0, 0.05) is 24.6 Å². The average Bonchev–Trinajstić information content (AvgIpc) is 2.15. The molecule has 0 aliphatic heterocycles. The molecule has 1 N–H and O–H groups in total. The van der Waals surface area contributed by atoms with Gasteiger partial charge in [-0.2, -0.15) is 11.8 Å². The minimum absolute atomic E-state index is 0.999. The van der Waals surface area contributed by atoms with Crippen LogP contribution in [-0.2, 0) is 5.75 Å². The van der Waals surface area contributed by atoms with Crippen LogP contribution in [0.25, 0.3) is 0 Å². The molecule has 1 rings (SSSR count). The van der Waals surface area contributed by atoms with Crippen molar-refractivity contribution >= 4 is 17.6 Å². The second kappa shape index (κ2) is 5.04. The maximum absolute atomic E-state index is 4.23. The lowest BCUT2D eigenvalue weighted by atomic mass is 10.3. The van der Waals surface area contributed by atoms with Crippen molar-refractivity contribution in [1.82, 2.24) is 4.98 Å². The van der Waals surface area contributed by atoms with E-state index in [2.05, 4.69) is 23.3 Å². The van der Waals surface area contributed by atoms with E-state index < -0.39 is 0 Å². The van der Waals surface area contributed by atoms with Gasteiger partial charge >= 0.3 is 0 Å². The standard InChI is InChI=1S/C9H14N2S/c1-3-12-7-8-5-4-6-11-9(8)10-2/h4-6H,3,7H2,1-2H3,(H,10,11). The van der Waals surface area contributed by atoms with Crippen LogP contribution in [0.4, 0.5) is 5.82 Å². The van der Waals surface area contributed by atoms with Gasteiger partial charge in [-0.3, -0.25) is 0 Å². The summed E-state index contributed by atoms with van der Waals surface area (Å²) in [6.07, 6.45) is 1.81. The van der Waals surface area contributed by atoms with E-state index in [0.29, 0.717) is 0 Å². The van der Waals surface area contributed by atoms with Crippen LogP contribution < -0.4 is 5.32 Å². The molecule has 1 aromatic rings. The molecule has 0 amide bonds. The number of anilines is 1. The molecule has 12 heavy (non-hydrogen) atoms. The van der Waals surface area contributed by atoms with Crippen LogP contribution in [0, 0.1) is 0 Å². The lowest BCUT2D eigenvalue weighted by Crippen LogP contribution is -1.96. The van der Waals surface area contributed by atoms with E-state index in [1.165, 1.54) is 5.56 Å². The predicted molar refractivity (Wildman–Crippen MR) is 55.6 cm³/mol. The molecule has 0 unspecified atom stereocenters. The molecule has 0 bridgehead atoms. The zero-order chi connectivity index (χ0) is 8.81. The fourth-order valence-electron chi connectivity index (χ4n) is 0.992. The van der Waals surface area contributed by atoms with Gasteiger partial charge in [0.25, 0.3) is 0 Å². The molecule has 0 radical (unpaired) electrons. The summed E-state index contributed by atoms with van der Waals surface area (Å²) in [5, 5.41) is 3.08. The lowest BCUT2D eigenvalue weighted by Gasteiger charge is -2.05. The van der Waals surface area contributed by atoms with Crippen molar-refractivity contribution < 1.29 is 0 Å². The molecule has 0 aromatic carbocycles. The number of hydrogen-bond acceptors (Lipinski definition) is 3. The third-order valence-electron chi connectivity index (χ3n) is 1.59. The van der Waals surface area contributed by atoms with Crippen LogP contribution in [0.5, 0.6) is 0 Å². The third-order valence-corrected chi connectivity index (χ3v) is 2.51. The Morgan fingerprint density at radius 3 is 3.08 bits per heavy atom. The number of thioether (sulfide) groups is 1. The van der Waals surface area contributed by atoms with Crippen molar-refractivity contribution in [1.29, 1.82) is 0 Å². The first-order valence-corrected chi connectivity index (χ1v) is 5.23. The Bertz CT molecular complexity index is 238. The minimum Gasteiger partial charge on any atom is -0.373 e. The Labute approximate surface area is 77.8 Å². The summed E-state index contributed by atoms with van der Waals surface area (Å²) in [7, 11) is 1.91. The molecule has 1 heterocycles. The molecule has 0 spiro atoms. The van der Waals surface area contributed by atoms with Crippen LogP contribution in [0.15, 0.2) is 18.3 Å². The van der Waals surface area contributed by atoms with Crippen LogP contribution >= 0.6 is 11.8 Å². The molecular weight excluding hydrogens is 168 g/mol. The molecular formula is C9H14N2S. The van der Waals surface area contributed by atoms with Gasteiger partial charge in [0.1, 0.15) is 5.82 Å². The summed E-state index contributed by atoms with van der Waals surface area (Å²) < 4.78 is 0. The third kappa shape index (κ3) is 2.41. The molecule has 0 atom stereocenters. The highest BCUT2D eigenvalue weighted by atomic mass is 32.2. The van der Waals surface area contributed by atoms with Gasteiger partial charge in [-0.25, -0.2) is 4.98 Å². The summed E-state index contributed by atoms with van der Waals surface area (Å²) in [4.78, 5) is 4.23. The highest BCUT2D eigenvalue weighted by molar-refractivity contribution is 7.98. The van der Waals surface area contributed by atoms with E-state index in [0.717, 1.165) is 17.3 Å². The first kappa shape index (κ1) is 9.39. The molecule has 66 valence electrons. The maximum atomic E-state index is 4.23. The van der Waals surface area contributed by atoms with Gasteiger partial charge in [0.15, 0.2) is 0 Å². The van der Waals surface area contributed by atoms with Crippen molar-refractivity contribution in [3.8, 4) is 0 Å². The number of aromatic nitrogens is 1. The molecule has 0 saturated carbocycles. The van der Waals surface area contributed by atoms with Gasteiger partial charge in [-0.15, -0.1) is 0 Å². The Hall–Kier alpha value is -0.700. The van der Waals surface area contributed by atoms with E-state index in [1.807, 2.05) is 31.1 Å². The van der Waals surface area contributed by atoms with Crippen LogP contribution in [0.1, 0.15) is 12.5 Å². The highest BCUT2D eigenvalue weighted by Crippen LogP contribution is 2.17. The second-order valence-corrected chi connectivity index (χ2v) is 3.67. The number of pyridine rings is 1. The molecule has 0 fully saturated rings. The monoisotopic (exact) mass is 182 g/mol. The molecule has 3 heteroatoms. The molecule has 0 saturated heterocycles. The minimum atomic E-state index is 0.999. The summed E-state index contributed by atoms with van der Waals surface area (Å²) >= 11 is 1.91. The molecule has 2 nitrogen and oxygen atoms in total. The molecule has 0 aliphatic carbocycles. The van der Waals surface area contributed by atoms with E-state index in [9.17, 15) is 0 Å². The maximum Gasteiger partial charge on any atom is 0.129 e. The number of hydrogen-bond donors (Lipinski definition) is 1. The highest BCUT2D eigenvalue weighted by Gasteiger charge is 1.99. The quantitative estimate of drug-likeness (QED) is 0.774. The van der Waals surface area contributed by atoms with E-state index in [1.54, 1.807) is 0 Å². The van der Waals surface area contributed by atoms with Gasteiger partial charge in [-0.1, -0.05) is 13.0 Å². The predicted octanol–water partition coefficient (Wildman–Crippen LogP) is 2.38. The van der Waals surface area contributed by atoms with Crippen molar-refractivity contribution in [2.75, 3.05) is 18.1 Å². The summed E-state index contributed by atoms with van der Waals surface area (Å²) in [5.41, 5.74) is 1.28. The Kier molecular flexibility index (Phi) is 3.94. The smallest absolute Gasteiger partial charge is 0.129 e. The Balaban J connectivity index is 2.68. The van der Waals surface area contributed by atoms with Gasteiger partial charge in [0.05, 0.1) is 0 Å². The van der Waals surface area contributed by atoms with Gasteiger partial charge in [0.2, 0.25) is 0 Å². The summed E-state index contributed by atoms with van der Waals surface area (Å²) in [6, 6.07) is 4.09. The second-order valence-electron chi connectivity index (χ2n) is 2.40.